The van der Waals surface area contributed by atoms with Crippen LogP contribution in [-0.4, -0.2) is 21.8 Å². The molecule has 1 saturated heterocycles. The summed E-state index contributed by atoms with van der Waals surface area (Å²) in [6.45, 7) is 3.87. The zero-order valence-corrected chi connectivity index (χ0v) is 13.0. The number of hydrogen-bond acceptors (Lipinski definition) is 1. The van der Waals surface area contributed by atoms with Crippen LogP contribution in [0, 0.1) is 11.8 Å². The van der Waals surface area contributed by atoms with Gasteiger partial charge < -0.3 is 4.90 Å². The van der Waals surface area contributed by atoms with E-state index >= 15 is 0 Å². The van der Waals surface area contributed by atoms with Crippen LogP contribution in [0.15, 0.2) is 30.3 Å². The molecule has 1 aromatic rings. The number of benzene rings is 1. The van der Waals surface area contributed by atoms with Gasteiger partial charge in [0.25, 0.3) is 0 Å². The van der Waals surface area contributed by atoms with Crippen LogP contribution in [-0.2, 0) is 11.3 Å². The van der Waals surface area contributed by atoms with Gasteiger partial charge in [-0.2, -0.15) is 0 Å². The number of hydrogen-bond donors (Lipinski definition) is 0. The van der Waals surface area contributed by atoms with E-state index < -0.39 is 0 Å². The number of likely N-dealkylation sites (tertiary alicyclic amines) is 1. The van der Waals surface area contributed by atoms with Crippen molar-refractivity contribution in [1.82, 2.24) is 4.90 Å². The van der Waals surface area contributed by atoms with Crippen molar-refractivity contribution in [2.45, 2.75) is 26.3 Å². The molecule has 2 rings (SSSR count). The second-order valence-electron chi connectivity index (χ2n) is 5.01. The molecule has 2 unspecified atom stereocenters. The minimum absolute atomic E-state index is 0.260. The highest BCUT2D eigenvalue weighted by Gasteiger charge is 2.38. The number of rotatable bonds is 5. The molecule has 18 heavy (non-hydrogen) atoms. The first kappa shape index (κ1) is 13.8. The van der Waals surface area contributed by atoms with Crippen molar-refractivity contribution in [1.29, 1.82) is 0 Å². The zero-order chi connectivity index (χ0) is 13.0. The fourth-order valence-electron chi connectivity index (χ4n) is 2.71. The van der Waals surface area contributed by atoms with E-state index in [9.17, 15) is 4.79 Å². The number of nitrogens with zero attached hydrogens (tertiary/aromatic N) is 1. The van der Waals surface area contributed by atoms with Gasteiger partial charge in [0.15, 0.2) is 0 Å². The average molecular weight is 357 g/mol. The van der Waals surface area contributed by atoms with E-state index in [1.165, 1.54) is 5.56 Å². The summed E-state index contributed by atoms with van der Waals surface area (Å²) in [7, 11) is 0. The molecule has 1 amide bonds. The molecule has 2 nitrogen and oxygen atoms in total. The maximum atomic E-state index is 12.4. The topological polar surface area (TPSA) is 20.3 Å². The van der Waals surface area contributed by atoms with Gasteiger partial charge in [0.1, 0.15) is 0 Å². The van der Waals surface area contributed by atoms with E-state index in [1.807, 2.05) is 23.1 Å². The summed E-state index contributed by atoms with van der Waals surface area (Å²) >= 11 is 2.42. The summed E-state index contributed by atoms with van der Waals surface area (Å²) in [5.74, 6) is 1.17. The Morgan fingerprint density at radius 3 is 2.67 bits per heavy atom. The first-order valence-corrected chi connectivity index (χ1v) is 8.17. The summed E-state index contributed by atoms with van der Waals surface area (Å²) in [5, 5.41) is 0. The molecule has 1 heterocycles. The van der Waals surface area contributed by atoms with Gasteiger partial charge in [-0.1, -0.05) is 66.3 Å². The lowest BCUT2D eigenvalue weighted by molar-refractivity contribution is -0.131. The van der Waals surface area contributed by atoms with Crippen molar-refractivity contribution < 1.29 is 4.79 Å². The third kappa shape index (κ3) is 3.05. The predicted molar refractivity (Wildman–Crippen MR) is 82.6 cm³/mol. The van der Waals surface area contributed by atoms with Gasteiger partial charge in [-0.25, -0.2) is 0 Å². The summed E-state index contributed by atoms with van der Waals surface area (Å²) in [5.41, 5.74) is 1.23. The largest absolute Gasteiger partial charge is 0.338 e. The van der Waals surface area contributed by atoms with Crippen LogP contribution in [0.3, 0.4) is 0 Å². The Morgan fingerprint density at radius 1 is 1.33 bits per heavy atom. The highest BCUT2D eigenvalue weighted by atomic mass is 127. The van der Waals surface area contributed by atoms with E-state index in [1.54, 1.807) is 0 Å². The van der Waals surface area contributed by atoms with E-state index in [0.717, 1.165) is 30.4 Å². The van der Waals surface area contributed by atoms with Crippen molar-refractivity contribution in [3.05, 3.63) is 35.9 Å². The fraction of sp³-hybridized carbons (Fsp3) is 0.533. The van der Waals surface area contributed by atoms with Gasteiger partial charge in [-0.05, 0) is 17.9 Å². The molecule has 0 aromatic heterocycles. The van der Waals surface area contributed by atoms with Gasteiger partial charge in [-0.15, -0.1) is 0 Å². The molecule has 0 saturated carbocycles. The Labute approximate surface area is 123 Å². The molecule has 0 aliphatic carbocycles. The molecule has 2 atom stereocenters. The van der Waals surface area contributed by atoms with Crippen LogP contribution in [0.4, 0.5) is 0 Å². The minimum Gasteiger partial charge on any atom is -0.338 e. The monoisotopic (exact) mass is 357 g/mol. The molecule has 98 valence electrons. The predicted octanol–water partition coefficient (Wildman–Crippen LogP) is 3.50. The van der Waals surface area contributed by atoms with E-state index in [-0.39, 0.29) is 5.92 Å². The summed E-state index contributed by atoms with van der Waals surface area (Å²) in [6.07, 6.45) is 2.14. The van der Waals surface area contributed by atoms with Gasteiger partial charge in [-0.3, -0.25) is 4.79 Å². The number of carbonyl (C=O) groups excluding carboxylic acids is 1. The van der Waals surface area contributed by atoms with Gasteiger partial charge >= 0.3 is 0 Å². The zero-order valence-electron chi connectivity index (χ0n) is 10.8. The molecule has 0 bridgehead atoms. The first-order valence-electron chi connectivity index (χ1n) is 6.65. The molecular formula is C15H20INO. The molecule has 3 heteroatoms. The molecule has 0 N–H and O–H groups in total. The Bertz CT molecular complexity index is 393. The van der Waals surface area contributed by atoms with Crippen LogP contribution in [0.25, 0.3) is 0 Å². The minimum atomic E-state index is 0.260. The number of halogens is 1. The third-order valence-corrected chi connectivity index (χ3v) is 4.80. The van der Waals surface area contributed by atoms with Crippen molar-refractivity contribution >= 4 is 28.5 Å². The summed E-state index contributed by atoms with van der Waals surface area (Å²) in [4.78, 5) is 14.4. The van der Waals surface area contributed by atoms with Gasteiger partial charge in [0, 0.05) is 23.4 Å². The van der Waals surface area contributed by atoms with Crippen LogP contribution in [0.2, 0.25) is 0 Å². The second-order valence-corrected chi connectivity index (χ2v) is 5.89. The molecule has 1 aromatic carbocycles. The number of alkyl halides is 1. The van der Waals surface area contributed by atoms with Crippen LogP contribution in [0.1, 0.15) is 25.3 Å². The first-order chi connectivity index (χ1) is 8.76. The molecule has 0 spiro atoms. The smallest absolute Gasteiger partial charge is 0.226 e. The Morgan fingerprint density at radius 2 is 2.06 bits per heavy atom. The fourth-order valence-corrected chi connectivity index (χ4v) is 3.60. The average Bonchev–Trinajstić information content (AvgIpc) is 2.69. The second kappa shape index (κ2) is 6.55. The lowest BCUT2D eigenvalue weighted by Gasteiger charge is -2.16. The maximum Gasteiger partial charge on any atom is 0.226 e. The number of amides is 1. The standard InChI is InChI=1S/C15H20INO/c1-2-6-14-13(9-16)11-17(15(14)18)10-12-7-4-3-5-8-12/h3-5,7-8,13-14H,2,6,9-11H2,1H3. The van der Waals surface area contributed by atoms with Crippen LogP contribution >= 0.6 is 22.6 Å². The van der Waals surface area contributed by atoms with Crippen LogP contribution < -0.4 is 0 Å². The summed E-state index contributed by atoms with van der Waals surface area (Å²) in [6, 6.07) is 10.3. The summed E-state index contributed by atoms with van der Waals surface area (Å²) < 4.78 is 1.08. The lowest BCUT2D eigenvalue weighted by atomic mass is 9.93. The highest BCUT2D eigenvalue weighted by Crippen LogP contribution is 2.31. The molecule has 1 aliphatic heterocycles. The van der Waals surface area contributed by atoms with Crippen LogP contribution in [0.5, 0.6) is 0 Å². The Balaban J connectivity index is 2.04. The Kier molecular flexibility index (Phi) is 5.03. The van der Waals surface area contributed by atoms with Crippen molar-refractivity contribution in [3.8, 4) is 0 Å². The third-order valence-electron chi connectivity index (χ3n) is 3.67. The van der Waals surface area contributed by atoms with Crippen molar-refractivity contribution in [2.75, 3.05) is 11.0 Å². The lowest BCUT2D eigenvalue weighted by Crippen LogP contribution is -2.26. The quantitative estimate of drug-likeness (QED) is 0.584. The van der Waals surface area contributed by atoms with Gasteiger partial charge in [0.05, 0.1) is 0 Å². The molecule has 0 radical (unpaired) electrons. The molecule has 1 fully saturated rings. The highest BCUT2D eigenvalue weighted by molar-refractivity contribution is 14.1. The number of carbonyl (C=O) groups is 1. The van der Waals surface area contributed by atoms with Gasteiger partial charge in [0.2, 0.25) is 5.91 Å². The normalized spacial score (nSPS) is 23.7. The van der Waals surface area contributed by atoms with E-state index in [0.29, 0.717) is 11.8 Å². The maximum absolute atomic E-state index is 12.4. The molecule has 1 aliphatic rings. The SMILES string of the molecule is CCCC1C(=O)N(Cc2ccccc2)CC1CI. The van der Waals surface area contributed by atoms with E-state index in [2.05, 4.69) is 41.6 Å². The molecular weight excluding hydrogens is 337 g/mol. The van der Waals surface area contributed by atoms with Crippen molar-refractivity contribution in [2.24, 2.45) is 11.8 Å². The Hall–Kier alpha value is -0.580. The van der Waals surface area contributed by atoms with E-state index in [4.69, 9.17) is 0 Å². The van der Waals surface area contributed by atoms with Crippen molar-refractivity contribution in [3.63, 3.8) is 0 Å².